The van der Waals surface area contributed by atoms with Crippen molar-refractivity contribution in [2.75, 3.05) is 53.4 Å². The lowest BCUT2D eigenvalue weighted by atomic mass is 10.2. The Bertz CT molecular complexity index is 3200. The Morgan fingerprint density at radius 2 is 1.18 bits per heavy atom. The van der Waals surface area contributed by atoms with E-state index in [9.17, 15) is 14.4 Å². The first-order valence-electron chi connectivity index (χ1n) is 24.8. The van der Waals surface area contributed by atoms with Gasteiger partial charge in [-0.05, 0) is 73.7 Å². The summed E-state index contributed by atoms with van der Waals surface area (Å²) in [5.74, 6) is 0. The van der Waals surface area contributed by atoms with Crippen LogP contribution in [0.25, 0.3) is 16.9 Å². The Morgan fingerprint density at radius 3 is 1.68 bits per heavy atom. The maximum Gasteiger partial charge on any atom is 0.350 e. The average molecular weight is 1020 g/mol. The molecule has 8 rings (SSSR count). The summed E-state index contributed by atoms with van der Waals surface area (Å²) in [5, 5.41) is 6.83. The van der Waals surface area contributed by atoms with Crippen molar-refractivity contribution in [3.63, 3.8) is 0 Å². The highest BCUT2D eigenvalue weighted by molar-refractivity contribution is 9.09. The maximum atomic E-state index is 12.7. The standard InChI is InChI=1S/C19H22ClN5O.C9H10BrN3O.C6H5N3O.C3H6Br2.ClH/c20-16-5-3-6-17(15-16)23-13-11-22(12-14-23)8-4-10-25-19(26)24-9-2-1-7-18(24)21-25;10-5-3-7-13-9(14)12-6-2-1-4-8(12)11-13;10-6-8-7-5-3-1-2-4-9(5)6;4-2-1-3-5;/h1-3,5-7,9,15H,4,8,10-14H2;1-2,4,6H,3,5,7H2;1-4H,(H,8,10);1-3H2;1H/i4D2,8D2,10D2;3D2,5D2,7D2;;1D2,2D2,3D2;. The minimum atomic E-state index is -3.10. The number of hydrogen-bond donors (Lipinski definition) is 1. The zero-order valence-electron chi connectivity index (χ0n) is 46.7. The third-order valence-corrected chi connectivity index (χ3v) is 8.14. The van der Waals surface area contributed by atoms with E-state index in [4.69, 9.17) is 36.3 Å². The van der Waals surface area contributed by atoms with E-state index in [1.165, 1.54) is 33.8 Å². The van der Waals surface area contributed by atoms with Crippen molar-refractivity contribution in [2.24, 2.45) is 0 Å². The highest BCUT2D eigenvalue weighted by Gasteiger charge is 2.17. The average Bonchev–Trinajstić information content (AvgIpc) is 3.98. The van der Waals surface area contributed by atoms with E-state index in [2.05, 4.69) is 68.2 Å². The number of aryl methyl sites for hydroxylation is 2. The van der Waals surface area contributed by atoms with Crippen molar-refractivity contribution in [2.45, 2.75) is 32.1 Å². The van der Waals surface area contributed by atoms with Crippen LogP contribution in [0.15, 0.2) is 112 Å². The van der Waals surface area contributed by atoms with Gasteiger partial charge in [-0.2, -0.15) is 5.10 Å². The molecular weight excluding hydrogens is 957 g/mol. The van der Waals surface area contributed by atoms with E-state index in [0.717, 1.165) is 14.5 Å². The van der Waals surface area contributed by atoms with Gasteiger partial charge in [-0.15, -0.1) is 22.6 Å². The molecule has 1 N–H and O–H groups in total. The lowest BCUT2D eigenvalue weighted by molar-refractivity contribution is 0.248. The number of pyridine rings is 3. The summed E-state index contributed by atoms with van der Waals surface area (Å²) < 4.78 is 143. The molecule has 19 heteroatoms. The summed E-state index contributed by atoms with van der Waals surface area (Å²) >= 11 is 13.4. The van der Waals surface area contributed by atoms with Gasteiger partial charge in [0.05, 0.1) is 5.48 Å². The summed E-state index contributed by atoms with van der Waals surface area (Å²) in [6, 6.07) is 22.0. The second-order valence-corrected chi connectivity index (χ2v) is 12.3. The molecule has 0 amide bonds. The topological polar surface area (TPSA) is 135 Å². The Hall–Kier alpha value is -3.74. The molecule has 56 heavy (non-hydrogen) atoms. The Balaban J connectivity index is 0.000000239. The summed E-state index contributed by atoms with van der Waals surface area (Å²) in [6.07, 6.45) is -4.31. The molecule has 0 spiro atoms. The molecule has 1 fully saturated rings. The minimum Gasteiger partial charge on any atom is -0.369 e. The highest BCUT2D eigenvalue weighted by Crippen LogP contribution is 2.20. The quantitative estimate of drug-likeness (QED) is 0.159. The Morgan fingerprint density at radius 1 is 0.643 bits per heavy atom. The third-order valence-electron chi connectivity index (χ3n) is 7.31. The fraction of sp³-hybridized carbons (Fsp3) is 0.351. The molecular formula is C37H44Br3Cl2N11O3. The number of piperazine rings is 1. The number of rotatable bonds is 10. The van der Waals surface area contributed by atoms with Crippen molar-refractivity contribution in [1.82, 2.24) is 47.9 Å². The number of anilines is 1. The van der Waals surface area contributed by atoms with Crippen molar-refractivity contribution in [3.8, 4) is 0 Å². The molecule has 1 aromatic carbocycles. The van der Waals surface area contributed by atoms with Gasteiger partial charge in [-0.3, -0.25) is 18.1 Å². The van der Waals surface area contributed by atoms with Gasteiger partial charge in [0.15, 0.2) is 16.9 Å². The summed E-state index contributed by atoms with van der Waals surface area (Å²) in [6.45, 7) is -7.61. The molecule has 14 nitrogen and oxygen atoms in total. The highest BCUT2D eigenvalue weighted by atomic mass is 79.9. The first kappa shape index (κ1) is 25.6. The zero-order valence-corrected chi connectivity index (χ0v) is 35.0. The van der Waals surface area contributed by atoms with Gasteiger partial charge in [0.25, 0.3) is 0 Å². The van der Waals surface area contributed by atoms with E-state index >= 15 is 0 Å². The largest absolute Gasteiger partial charge is 0.369 e. The lowest BCUT2D eigenvalue weighted by Crippen LogP contribution is -2.46. The SMILES string of the molecule is Cl.O=c1[nH]nc2ccccn12.[2H]C([2H])(Br)C([2H])([2H])C([2H])([2H])Br.[2H]C([2H])(Br)C([2H])([2H])C([2H])([2H])n1nc2ccccn2c1=O.[2H]C([2H])(N1CCN(c2cccc(Cl)c2)CC1)C([2H])([2H])C([2H])([2H])n1nc2ccccn2c1=O. The molecule has 6 aromatic heterocycles. The van der Waals surface area contributed by atoms with Gasteiger partial charge in [0, 0.05) is 110 Å². The minimum absolute atomic E-state index is 0. The van der Waals surface area contributed by atoms with Crippen LogP contribution < -0.4 is 22.0 Å². The van der Waals surface area contributed by atoms with E-state index in [0.29, 0.717) is 33.1 Å². The number of fused-ring (bicyclic) bond motifs is 3. The first-order chi connectivity index (χ1) is 33.3. The van der Waals surface area contributed by atoms with Crippen LogP contribution >= 0.6 is 71.8 Å². The predicted molar refractivity (Wildman–Crippen MR) is 237 cm³/mol. The van der Waals surface area contributed by atoms with Gasteiger partial charge in [-0.1, -0.05) is 83.7 Å². The monoisotopic (exact) mass is 1020 g/mol. The fourth-order valence-electron chi connectivity index (χ4n) is 4.85. The normalized spacial score (nSPS) is 19.7. The smallest absolute Gasteiger partial charge is 0.350 e. The first-order valence-corrected chi connectivity index (χ1v) is 18.6. The van der Waals surface area contributed by atoms with E-state index < -0.39 is 65.8 Å². The second kappa shape index (κ2) is 23.5. The number of benzene rings is 1. The van der Waals surface area contributed by atoms with Crippen molar-refractivity contribution in [1.29, 1.82) is 0 Å². The maximum absolute atomic E-state index is 12.7. The molecule has 1 aliphatic rings. The van der Waals surface area contributed by atoms with Gasteiger partial charge >= 0.3 is 17.1 Å². The summed E-state index contributed by atoms with van der Waals surface area (Å²) in [7, 11) is 0. The number of hydrogen-bond acceptors (Lipinski definition) is 8. The number of aromatic nitrogens is 9. The Kier molecular flexibility index (Phi) is 10.7. The fourth-order valence-corrected chi connectivity index (χ4v) is 5.59. The second-order valence-electron chi connectivity index (χ2n) is 10.7. The number of H-pyrrole nitrogens is 1. The molecule has 7 aromatic rings. The zero-order chi connectivity index (χ0) is 55.1. The summed E-state index contributed by atoms with van der Waals surface area (Å²) in [5.41, 5.74) is -0.141. The van der Waals surface area contributed by atoms with Crippen LogP contribution in [0.3, 0.4) is 0 Å². The molecule has 7 heterocycles. The van der Waals surface area contributed by atoms with Crippen LogP contribution in [0.1, 0.15) is 43.8 Å². The number of alkyl halides is 3. The number of nitrogens with zero attached hydrogens (tertiary/aromatic N) is 10. The van der Waals surface area contributed by atoms with E-state index in [1.807, 2.05) is 23.1 Å². The van der Waals surface area contributed by atoms with Crippen LogP contribution in [-0.2, 0) is 13.0 Å². The van der Waals surface area contributed by atoms with E-state index in [1.54, 1.807) is 54.7 Å². The van der Waals surface area contributed by atoms with Crippen LogP contribution in [0.5, 0.6) is 0 Å². The van der Waals surface area contributed by atoms with Crippen LogP contribution in [0, 0.1) is 0 Å². The van der Waals surface area contributed by atoms with Gasteiger partial charge in [0.2, 0.25) is 0 Å². The molecule has 0 aliphatic carbocycles. The molecule has 0 bridgehead atoms. The lowest BCUT2D eigenvalue weighted by Gasteiger charge is -2.36. The number of aromatic amines is 1. The molecule has 300 valence electrons. The number of nitrogens with one attached hydrogen (secondary N) is 1. The van der Waals surface area contributed by atoms with Gasteiger partial charge in [-0.25, -0.2) is 28.8 Å². The Labute approximate surface area is 385 Å². The molecule has 0 unspecified atom stereocenters. The van der Waals surface area contributed by atoms with Gasteiger partial charge < -0.3 is 4.90 Å². The van der Waals surface area contributed by atoms with Crippen molar-refractivity contribution >= 4 is 94.4 Å². The molecule has 1 saturated heterocycles. The van der Waals surface area contributed by atoms with Crippen LogP contribution in [-0.4, -0.2) is 96.4 Å². The summed E-state index contributed by atoms with van der Waals surface area (Å²) in [4.78, 5) is 38.8. The molecule has 1 aliphatic heterocycles. The predicted octanol–water partition coefficient (Wildman–Crippen LogP) is 6.25. The molecule has 0 saturated carbocycles. The number of halogens is 5. The third kappa shape index (κ3) is 12.6. The van der Waals surface area contributed by atoms with Crippen molar-refractivity contribution in [3.05, 3.63) is 134 Å². The van der Waals surface area contributed by atoms with Crippen molar-refractivity contribution < 1.29 is 24.7 Å². The molecule has 0 atom stereocenters. The van der Waals surface area contributed by atoms with E-state index in [-0.39, 0.29) is 42.5 Å². The van der Waals surface area contributed by atoms with Gasteiger partial charge in [0.1, 0.15) is 0 Å². The molecule has 0 radical (unpaired) electrons. The van der Waals surface area contributed by atoms with Crippen LogP contribution in [0.2, 0.25) is 5.02 Å². The van der Waals surface area contributed by atoms with Crippen LogP contribution in [0.4, 0.5) is 5.69 Å².